The van der Waals surface area contributed by atoms with E-state index < -0.39 is 15.3 Å². The first-order valence-corrected chi connectivity index (χ1v) is 8.55. The van der Waals surface area contributed by atoms with Gasteiger partial charge in [0.2, 0.25) is 10.0 Å². The lowest BCUT2D eigenvalue weighted by molar-refractivity contribution is 0.332. The number of hydrogen-bond acceptors (Lipinski definition) is 5. The summed E-state index contributed by atoms with van der Waals surface area (Å²) in [6.45, 7) is 6.69. The molecule has 0 aliphatic rings. The van der Waals surface area contributed by atoms with Crippen molar-refractivity contribution in [3.8, 4) is 11.5 Å². The van der Waals surface area contributed by atoms with Crippen molar-refractivity contribution in [2.75, 3.05) is 31.5 Å². The molecule has 0 radical (unpaired) electrons. The molecule has 1 unspecified atom stereocenters. The summed E-state index contributed by atoms with van der Waals surface area (Å²) in [6, 6.07) is 5.09. The lowest BCUT2D eigenvalue weighted by atomic mass is 10.3. The summed E-state index contributed by atoms with van der Waals surface area (Å²) < 4.78 is 38.0. The topological polar surface area (TPSA) is 76.7 Å². The van der Waals surface area contributed by atoms with Gasteiger partial charge in [0.15, 0.2) is 0 Å². The summed E-state index contributed by atoms with van der Waals surface area (Å²) in [7, 11) is -1.78. The number of sulfonamides is 1. The van der Waals surface area contributed by atoms with Gasteiger partial charge in [-0.25, -0.2) is 8.42 Å². The van der Waals surface area contributed by atoms with Gasteiger partial charge in [-0.05, 0) is 40.0 Å². The largest absolute Gasteiger partial charge is 0.494 e. The average Bonchev–Trinajstić information content (AvgIpc) is 2.42. The molecule has 1 atom stereocenters. The molecule has 0 spiro atoms. The Morgan fingerprint density at radius 1 is 1.19 bits per heavy atom. The standard InChI is InChI=1S/C14H24N2O4S/c1-5-19-12-7-8-14(20-6-2)13(9-12)16-21(17,18)11(3)10-15-4/h7-9,11,15-16H,5-6,10H2,1-4H3. The van der Waals surface area contributed by atoms with Gasteiger partial charge >= 0.3 is 0 Å². The molecule has 0 aliphatic heterocycles. The van der Waals surface area contributed by atoms with E-state index in [1.165, 1.54) is 0 Å². The molecule has 0 saturated heterocycles. The Bertz CT molecular complexity index is 546. The predicted molar refractivity (Wildman–Crippen MR) is 84.7 cm³/mol. The van der Waals surface area contributed by atoms with Crippen LogP contribution in [0.3, 0.4) is 0 Å². The van der Waals surface area contributed by atoms with E-state index in [4.69, 9.17) is 9.47 Å². The van der Waals surface area contributed by atoms with E-state index in [0.717, 1.165) is 0 Å². The van der Waals surface area contributed by atoms with Crippen LogP contribution < -0.4 is 19.5 Å². The Morgan fingerprint density at radius 3 is 2.43 bits per heavy atom. The third kappa shape index (κ3) is 5.09. The molecule has 120 valence electrons. The van der Waals surface area contributed by atoms with E-state index >= 15 is 0 Å². The monoisotopic (exact) mass is 316 g/mol. The average molecular weight is 316 g/mol. The Hall–Kier alpha value is -1.47. The van der Waals surface area contributed by atoms with Crippen molar-refractivity contribution >= 4 is 15.7 Å². The molecule has 2 N–H and O–H groups in total. The first kappa shape index (κ1) is 17.6. The van der Waals surface area contributed by atoms with Gasteiger partial charge in [-0.1, -0.05) is 0 Å². The summed E-state index contributed by atoms with van der Waals surface area (Å²) >= 11 is 0. The molecule has 1 rings (SSSR count). The molecule has 1 aromatic rings. The predicted octanol–water partition coefficient (Wildman–Crippen LogP) is 1.83. The number of ether oxygens (including phenoxy) is 2. The molecular formula is C14H24N2O4S. The molecule has 0 saturated carbocycles. The fourth-order valence-corrected chi connectivity index (χ4v) is 2.83. The highest BCUT2D eigenvalue weighted by Gasteiger charge is 2.21. The van der Waals surface area contributed by atoms with Crippen LogP contribution in [-0.2, 0) is 10.0 Å². The van der Waals surface area contributed by atoms with Gasteiger partial charge in [0.1, 0.15) is 11.5 Å². The Kier molecular flexibility index (Phi) is 6.77. The fourth-order valence-electron chi connectivity index (χ4n) is 1.78. The SMILES string of the molecule is CCOc1ccc(OCC)c(NS(=O)(=O)C(C)CNC)c1. The maximum absolute atomic E-state index is 12.3. The van der Waals surface area contributed by atoms with Crippen LogP contribution in [0.2, 0.25) is 0 Å². The van der Waals surface area contributed by atoms with Crippen LogP contribution in [0.5, 0.6) is 11.5 Å². The highest BCUT2D eigenvalue weighted by Crippen LogP contribution is 2.30. The van der Waals surface area contributed by atoms with Crippen LogP contribution in [-0.4, -0.2) is 40.5 Å². The fraction of sp³-hybridized carbons (Fsp3) is 0.571. The first-order valence-electron chi connectivity index (χ1n) is 7.00. The van der Waals surface area contributed by atoms with Crippen molar-refractivity contribution in [1.29, 1.82) is 0 Å². The van der Waals surface area contributed by atoms with Gasteiger partial charge in [-0.2, -0.15) is 0 Å². The maximum Gasteiger partial charge on any atom is 0.236 e. The Labute approximate surface area is 126 Å². The minimum atomic E-state index is -3.50. The molecule has 0 aliphatic carbocycles. The van der Waals surface area contributed by atoms with Gasteiger partial charge in [0.25, 0.3) is 0 Å². The molecule has 6 nitrogen and oxygen atoms in total. The highest BCUT2D eigenvalue weighted by molar-refractivity contribution is 7.93. The molecule has 0 amide bonds. The number of anilines is 1. The van der Waals surface area contributed by atoms with Crippen molar-refractivity contribution in [3.63, 3.8) is 0 Å². The second-order valence-electron chi connectivity index (χ2n) is 4.54. The van der Waals surface area contributed by atoms with Crippen molar-refractivity contribution in [1.82, 2.24) is 5.32 Å². The first-order chi connectivity index (χ1) is 9.94. The van der Waals surface area contributed by atoms with E-state index in [0.29, 0.717) is 36.9 Å². The lowest BCUT2D eigenvalue weighted by Crippen LogP contribution is -2.33. The van der Waals surface area contributed by atoms with E-state index in [-0.39, 0.29) is 0 Å². The lowest BCUT2D eigenvalue weighted by Gasteiger charge is -2.17. The molecule has 0 aromatic heterocycles. The number of hydrogen-bond donors (Lipinski definition) is 2. The number of rotatable bonds is 9. The molecule has 0 heterocycles. The normalized spacial score (nSPS) is 12.8. The molecule has 21 heavy (non-hydrogen) atoms. The molecule has 7 heteroatoms. The zero-order valence-corrected chi connectivity index (χ0v) is 13.8. The summed E-state index contributed by atoms with van der Waals surface area (Å²) in [6.07, 6.45) is 0. The van der Waals surface area contributed by atoms with Gasteiger partial charge in [0.05, 0.1) is 24.2 Å². The molecule has 1 aromatic carbocycles. The number of nitrogens with one attached hydrogen (secondary N) is 2. The second-order valence-corrected chi connectivity index (χ2v) is 6.64. The van der Waals surface area contributed by atoms with Gasteiger partial charge in [-0.15, -0.1) is 0 Å². The highest BCUT2D eigenvalue weighted by atomic mass is 32.2. The van der Waals surface area contributed by atoms with Crippen LogP contribution in [0.4, 0.5) is 5.69 Å². The van der Waals surface area contributed by atoms with Gasteiger partial charge in [-0.3, -0.25) is 4.72 Å². The van der Waals surface area contributed by atoms with E-state index in [1.807, 2.05) is 13.8 Å². The van der Waals surface area contributed by atoms with Crippen LogP contribution >= 0.6 is 0 Å². The molecule has 0 bridgehead atoms. The quantitative estimate of drug-likeness (QED) is 0.727. The van der Waals surface area contributed by atoms with Crippen LogP contribution in [0, 0.1) is 0 Å². The third-order valence-corrected chi connectivity index (χ3v) is 4.57. The minimum Gasteiger partial charge on any atom is -0.494 e. The van der Waals surface area contributed by atoms with Crippen molar-refractivity contribution in [2.45, 2.75) is 26.0 Å². The second kappa shape index (κ2) is 8.09. The Morgan fingerprint density at radius 2 is 1.86 bits per heavy atom. The van der Waals surface area contributed by atoms with E-state index in [9.17, 15) is 8.42 Å². The van der Waals surface area contributed by atoms with Crippen LogP contribution in [0.25, 0.3) is 0 Å². The summed E-state index contributed by atoms with van der Waals surface area (Å²) in [5, 5.41) is 2.29. The summed E-state index contributed by atoms with van der Waals surface area (Å²) in [4.78, 5) is 0. The number of benzene rings is 1. The smallest absolute Gasteiger partial charge is 0.236 e. The molecule has 0 fully saturated rings. The van der Waals surface area contributed by atoms with Crippen LogP contribution in [0.1, 0.15) is 20.8 Å². The summed E-state index contributed by atoms with van der Waals surface area (Å²) in [5.74, 6) is 1.08. The zero-order chi connectivity index (χ0) is 15.9. The maximum atomic E-state index is 12.3. The van der Waals surface area contributed by atoms with Crippen molar-refractivity contribution in [2.24, 2.45) is 0 Å². The summed E-state index contributed by atoms with van der Waals surface area (Å²) in [5.41, 5.74) is 0.394. The zero-order valence-electron chi connectivity index (χ0n) is 13.0. The van der Waals surface area contributed by atoms with Crippen molar-refractivity contribution in [3.05, 3.63) is 18.2 Å². The van der Waals surface area contributed by atoms with Crippen LogP contribution in [0.15, 0.2) is 18.2 Å². The third-order valence-electron chi connectivity index (χ3n) is 2.84. The van der Waals surface area contributed by atoms with Gasteiger partial charge in [0, 0.05) is 12.6 Å². The van der Waals surface area contributed by atoms with E-state index in [2.05, 4.69) is 10.0 Å². The van der Waals surface area contributed by atoms with E-state index in [1.54, 1.807) is 32.2 Å². The Balaban J connectivity index is 3.05. The van der Waals surface area contributed by atoms with Crippen molar-refractivity contribution < 1.29 is 17.9 Å². The molecular weight excluding hydrogens is 292 g/mol. The minimum absolute atomic E-state index is 0.366. The van der Waals surface area contributed by atoms with Gasteiger partial charge < -0.3 is 14.8 Å².